The molecule has 2 N–H and O–H groups in total. The van der Waals surface area contributed by atoms with E-state index in [2.05, 4.69) is 20.4 Å². The molecular formula is C12H15N5O3S. The van der Waals surface area contributed by atoms with Crippen LogP contribution in [0.2, 0.25) is 0 Å². The second-order valence-corrected chi connectivity index (χ2v) is 6.21. The zero-order chi connectivity index (χ0) is 15.6. The summed E-state index contributed by atoms with van der Waals surface area (Å²) in [4.78, 5) is 30.5. The third kappa shape index (κ3) is 3.85. The highest BCUT2D eigenvalue weighted by molar-refractivity contribution is 7.14. The number of rotatable bonds is 4. The van der Waals surface area contributed by atoms with Crippen LogP contribution in [0.25, 0.3) is 0 Å². The van der Waals surface area contributed by atoms with E-state index in [1.165, 1.54) is 6.33 Å². The van der Waals surface area contributed by atoms with Gasteiger partial charge in [0.1, 0.15) is 6.33 Å². The average Bonchev–Trinajstić information content (AvgIpc) is 2.96. The van der Waals surface area contributed by atoms with Crippen molar-refractivity contribution in [1.29, 1.82) is 0 Å². The summed E-state index contributed by atoms with van der Waals surface area (Å²) in [5.41, 5.74) is 0.137. The van der Waals surface area contributed by atoms with Crippen LogP contribution < -0.4 is 5.32 Å². The van der Waals surface area contributed by atoms with Gasteiger partial charge < -0.3 is 5.11 Å². The van der Waals surface area contributed by atoms with Crippen LogP contribution in [-0.2, 0) is 16.8 Å². The molecule has 0 radical (unpaired) electrons. The normalized spacial score (nSPS) is 11.4. The summed E-state index contributed by atoms with van der Waals surface area (Å²) in [7, 11) is 0. The highest BCUT2D eigenvalue weighted by Crippen LogP contribution is 2.17. The minimum Gasteiger partial charge on any atom is -0.481 e. The highest BCUT2D eigenvalue weighted by atomic mass is 32.1. The zero-order valence-electron chi connectivity index (χ0n) is 11.8. The van der Waals surface area contributed by atoms with Crippen molar-refractivity contribution in [2.45, 2.75) is 32.7 Å². The molecule has 21 heavy (non-hydrogen) atoms. The Balaban J connectivity index is 2.06. The van der Waals surface area contributed by atoms with Gasteiger partial charge in [-0.2, -0.15) is 0 Å². The number of hydrogen-bond acceptors (Lipinski definition) is 6. The first-order valence-electron chi connectivity index (χ1n) is 6.15. The molecule has 0 aliphatic carbocycles. The van der Waals surface area contributed by atoms with Crippen molar-refractivity contribution in [1.82, 2.24) is 19.7 Å². The Morgan fingerprint density at radius 2 is 2.14 bits per heavy atom. The number of anilines is 1. The molecule has 0 aliphatic heterocycles. The Kier molecular flexibility index (Phi) is 4.03. The fourth-order valence-electron chi connectivity index (χ4n) is 1.44. The van der Waals surface area contributed by atoms with Gasteiger partial charge in [0.05, 0.1) is 17.7 Å². The third-order valence-electron chi connectivity index (χ3n) is 2.49. The SMILES string of the molecule is CC(C)(C)n1cnc(C(=O)Nc2nc(CC(=O)O)cs2)n1. The van der Waals surface area contributed by atoms with Crippen molar-refractivity contribution in [2.75, 3.05) is 5.32 Å². The van der Waals surface area contributed by atoms with Crippen LogP contribution in [0.3, 0.4) is 0 Å². The van der Waals surface area contributed by atoms with Gasteiger partial charge in [-0.3, -0.25) is 14.9 Å². The molecule has 0 saturated carbocycles. The lowest BCUT2D eigenvalue weighted by molar-refractivity contribution is -0.136. The van der Waals surface area contributed by atoms with E-state index in [9.17, 15) is 9.59 Å². The predicted octanol–water partition coefficient (Wildman–Crippen LogP) is 1.37. The number of hydrogen-bond donors (Lipinski definition) is 2. The van der Waals surface area contributed by atoms with Crippen LogP contribution >= 0.6 is 11.3 Å². The maximum absolute atomic E-state index is 12.0. The van der Waals surface area contributed by atoms with E-state index >= 15 is 0 Å². The second kappa shape index (κ2) is 5.60. The molecule has 0 atom stereocenters. The Hall–Kier alpha value is -2.29. The first kappa shape index (κ1) is 15.1. The molecule has 8 nitrogen and oxygen atoms in total. The van der Waals surface area contributed by atoms with Crippen molar-refractivity contribution in [3.63, 3.8) is 0 Å². The van der Waals surface area contributed by atoms with Crippen LogP contribution in [0, 0.1) is 0 Å². The van der Waals surface area contributed by atoms with Crippen molar-refractivity contribution in [3.05, 3.63) is 23.2 Å². The number of nitrogens with one attached hydrogen (secondary N) is 1. The van der Waals surface area contributed by atoms with Crippen LogP contribution in [-0.4, -0.2) is 36.7 Å². The van der Waals surface area contributed by atoms with E-state index in [-0.39, 0.29) is 17.8 Å². The Morgan fingerprint density at radius 1 is 1.43 bits per heavy atom. The minimum atomic E-state index is -0.969. The van der Waals surface area contributed by atoms with E-state index in [0.29, 0.717) is 10.8 Å². The van der Waals surface area contributed by atoms with Crippen molar-refractivity contribution in [2.24, 2.45) is 0 Å². The molecule has 2 rings (SSSR count). The number of carbonyl (C=O) groups is 2. The zero-order valence-corrected chi connectivity index (χ0v) is 12.6. The quantitative estimate of drug-likeness (QED) is 0.882. The predicted molar refractivity (Wildman–Crippen MR) is 76.4 cm³/mol. The lowest BCUT2D eigenvalue weighted by atomic mass is 10.1. The van der Waals surface area contributed by atoms with Gasteiger partial charge >= 0.3 is 5.97 Å². The number of aliphatic carboxylic acids is 1. The number of amides is 1. The standard InChI is InChI=1S/C12H15N5O3S/c1-12(2,3)17-6-13-9(16-17)10(20)15-11-14-7(5-21-11)4-8(18)19/h5-6H,4H2,1-3H3,(H,18,19)(H,14,15,20). The fourth-order valence-corrected chi connectivity index (χ4v) is 2.15. The molecule has 2 heterocycles. The van der Waals surface area contributed by atoms with Crippen LogP contribution in [0.1, 0.15) is 37.1 Å². The van der Waals surface area contributed by atoms with E-state index in [0.717, 1.165) is 11.3 Å². The summed E-state index contributed by atoms with van der Waals surface area (Å²) in [6, 6.07) is 0. The number of carbonyl (C=O) groups excluding carboxylic acids is 1. The largest absolute Gasteiger partial charge is 0.481 e. The summed E-state index contributed by atoms with van der Waals surface area (Å²) in [5.74, 6) is -1.40. The highest BCUT2D eigenvalue weighted by Gasteiger charge is 2.19. The maximum Gasteiger partial charge on any atom is 0.309 e. The molecule has 0 aliphatic rings. The van der Waals surface area contributed by atoms with Gasteiger partial charge in [0.25, 0.3) is 5.91 Å². The molecule has 0 spiro atoms. The molecule has 2 aromatic heterocycles. The van der Waals surface area contributed by atoms with Gasteiger partial charge in [-0.15, -0.1) is 16.4 Å². The van der Waals surface area contributed by atoms with E-state index < -0.39 is 11.9 Å². The summed E-state index contributed by atoms with van der Waals surface area (Å²) >= 11 is 1.16. The van der Waals surface area contributed by atoms with Crippen LogP contribution in [0.4, 0.5) is 5.13 Å². The Labute approximate surface area is 124 Å². The molecule has 0 unspecified atom stereocenters. The van der Waals surface area contributed by atoms with E-state index in [4.69, 9.17) is 5.11 Å². The first-order valence-corrected chi connectivity index (χ1v) is 7.03. The molecular weight excluding hydrogens is 294 g/mol. The van der Waals surface area contributed by atoms with Crippen LogP contribution in [0.15, 0.2) is 11.7 Å². The molecule has 0 aromatic carbocycles. The Bertz CT molecular complexity index is 670. The summed E-state index contributed by atoms with van der Waals surface area (Å²) in [6.07, 6.45) is 1.32. The number of carboxylic acids is 1. The van der Waals surface area contributed by atoms with Crippen molar-refractivity contribution < 1.29 is 14.7 Å². The number of carboxylic acid groups (broad SMARTS) is 1. The average molecular weight is 309 g/mol. The van der Waals surface area contributed by atoms with Gasteiger partial charge in [-0.1, -0.05) is 0 Å². The number of thiazole rings is 1. The van der Waals surface area contributed by atoms with Crippen molar-refractivity contribution >= 4 is 28.3 Å². The van der Waals surface area contributed by atoms with Crippen LogP contribution in [0.5, 0.6) is 0 Å². The second-order valence-electron chi connectivity index (χ2n) is 5.35. The summed E-state index contributed by atoms with van der Waals surface area (Å²) < 4.78 is 1.60. The Morgan fingerprint density at radius 3 is 2.71 bits per heavy atom. The monoisotopic (exact) mass is 309 g/mol. The smallest absolute Gasteiger partial charge is 0.309 e. The van der Waals surface area contributed by atoms with E-state index in [1.807, 2.05) is 20.8 Å². The van der Waals surface area contributed by atoms with E-state index in [1.54, 1.807) is 10.1 Å². The third-order valence-corrected chi connectivity index (χ3v) is 3.29. The number of aromatic nitrogens is 4. The van der Waals surface area contributed by atoms with Gasteiger partial charge in [-0.05, 0) is 20.8 Å². The molecule has 0 fully saturated rings. The molecule has 0 bridgehead atoms. The lowest BCUT2D eigenvalue weighted by Crippen LogP contribution is -2.23. The number of nitrogens with zero attached hydrogens (tertiary/aromatic N) is 4. The maximum atomic E-state index is 12.0. The molecule has 2 aromatic rings. The summed E-state index contributed by atoms with van der Waals surface area (Å²) in [6.45, 7) is 5.84. The molecule has 9 heteroatoms. The fraction of sp³-hybridized carbons (Fsp3) is 0.417. The van der Waals surface area contributed by atoms with Gasteiger partial charge in [0.15, 0.2) is 5.13 Å². The molecule has 0 saturated heterocycles. The van der Waals surface area contributed by atoms with Gasteiger partial charge in [0, 0.05) is 5.38 Å². The van der Waals surface area contributed by atoms with Gasteiger partial charge in [-0.25, -0.2) is 14.6 Å². The summed E-state index contributed by atoms with van der Waals surface area (Å²) in [5, 5.41) is 17.2. The molecule has 1 amide bonds. The lowest BCUT2D eigenvalue weighted by Gasteiger charge is -2.17. The minimum absolute atomic E-state index is 0.0416. The van der Waals surface area contributed by atoms with Crippen molar-refractivity contribution in [3.8, 4) is 0 Å². The topological polar surface area (TPSA) is 110 Å². The van der Waals surface area contributed by atoms with Gasteiger partial charge in [0.2, 0.25) is 5.82 Å². The first-order chi connectivity index (χ1) is 9.75. The molecule has 112 valence electrons.